The second-order valence-corrected chi connectivity index (χ2v) is 4.53. The lowest BCUT2D eigenvalue weighted by molar-refractivity contribution is -0.0699. The number of halogens is 3. The standard InChI is InChI=1S/C6H10F3NO2S/c7-6(8)1-2-10-3-5(6)4-13(9,11)12/h5,10H,1-4H2. The highest BCUT2D eigenvalue weighted by Gasteiger charge is 2.43. The maximum atomic E-state index is 12.9. The van der Waals surface area contributed by atoms with Crippen molar-refractivity contribution in [1.82, 2.24) is 5.32 Å². The summed E-state index contributed by atoms with van der Waals surface area (Å²) in [6.45, 7) is -0.0218. The lowest BCUT2D eigenvalue weighted by Crippen LogP contribution is -2.47. The first kappa shape index (κ1) is 10.8. The van der Waals surface area contributed by atoms with Gasteiger partial charge in [0, 0.05) is 19.5 Å². The van der Waals surface area contributed by atoms with E-state index in [-0.39, 0.29) is 13.1 Å². The van der Waals surface area contributed by atoms with E-state index in [0.29, 0.717) is 0 Å². The van der Waals surface area contributed by atoms with E-state index in [1.165, 1.54) is 0 Å². The first-order valence-corrected chi connectivity index (χ1v) is 5.37. The van der Waals surface area contributed by atoms with Gasteiger partial charge in [-0.05, 0) is 0 Å². The zero-order valence-electron chi connectivity index (χ0n) is 6.76. The average molecular weight is 217 g/mol. The topological polar surface area (TPSA) is 46.2 Å². The zero-order valence-corrected chi connectivity index (χ0v) is 7.58. The summed E-state index contributed by atoms with van der Waals surface area (Å²) in [5.74, 6) is -5.63. The van der Waals surface area contributed by atoms with Crippen LogP contribution in [0.25, 0.3) is 0 Å². The molecule has 0 amide bonds. The van der Waals surface area contributed by atoms with Gasteiger partial charge in [-0.3, -0.25) is 0 Å². The van der Waals surface area contributed by atoms with Gasteiger partial charge in [0.2, 0.25) is 0 Å². The van der Waals surface area contributed by atoms with Crippen LogP contribution in [0.1, 0.15) is 6.42 Å². The average Bonchev–Trinajstić information content (AvgIpc) is 1.91. The van der Waals surface area contributed by atoms with E-state index in [0.717, 1.165) is 0 Å². The van der Waals surface area contributed by atoms with Crippen LogP contribution in [0.5, 0.6) is 0 Å². The Morgan fingerprint density at radius 2 is 2.08 bits per heavy atom. The molecule has 1 aliphatic rings. The molecule has 1 unspecified atom stereocenters. The summed E-state index contributed by atoms with van der Waals surface area (Å²) in [5.41, 5.74) is 0. The Kier molecular flexibility index (Phi) is 2.86. The van der Waals surface area contributed by atoms with E-state index in [1.807, 2.05) is 0 Å². The molecule has 1 heterocycles. The van der Waals surface area contributed by atoms with Crippen LogP contribution in [0.3, 0.4) is 0 Å². The third-order valence-corrected chi connectivity index (χ3v) is 2.82. The molecule has 0 spiro atoms. The van der Waals surface area contributed by atoms with Crippen molar-refractivity contribution in [2.24, 2.45) is 5.92 Å². The molecular formula is C6H10F3NO2S. The normalized spacial score (nSPS) is 28.7. The van der Waals surface area contributed by atoms with Gasteiger partial charge < -0.3 is 5.32 Å². The van der Waals surface area contributed by atoms with Crippen molar-refractivity contribution in [1.29, 1.82) is 0 Å². The third kappa shape index (κ3) is 3.15. The monoisotopic (exact) mass is 217 g/mol. The lowest BCUT2D eigenvalue weighted by Gasteiger charge is -2.30. The minimum absolute atomic E-state index is 0.135. The fourth-order valence-electron chi connectivity index (χ4n) is 1.31. The molecule has 1 N–H and O–H groups in total. The molecule has 1 aliphatic heterocycles. The molecule has 7 heteroatoms. The Hall–Kier alpha value is -0.300. The van der Waals surface area contributed by atoms with E-state index in [4.69, 9.17) is 0 Å². The zero-order chi connectivity index (χ0) is 10.1. The van der Waals surface area contributed by atoms with Crippen molar-refractivity contribution in [3.05, 3.63) is 0 Å². The van der Waals surface area contributed by atoms with Gasteiger partial charge in [0.1, 0.15) is 0 Å². The molecule has 1 atom stereocenters. The van der Waals surface area contributed by atoms with Gasteiger partial charge in [0.15, 0.2) is 0 Å². The van der Waals surface area contributed by atoms with Crippen molar-refractivity contribution in [3.63, 3.8) is 0 Å². The smallest absolute Gasteiger partial charge is 0.302 e. The Labute approximate surface area is 74.5 Å². The molecular weight excluding hydrogens is 207 g/mol. The van der Waals surface area contributed by atoms with Crippen LogP contribution >= 0.6 is 0 Å². The summed E-state index contributed by atoms with van der Waals surface area (Å²) in [4.78, 5) is 0. The molecule has 0 radical (unpaired) electrons. The SMILES string of the molecule is O=S(=O)(F)CC1CNCCC1(F)F. The maximum Gasteiger partial charge on any atom is 0.302 e. The molecule has 1 rings (SSSR count). The molecule has 0 aromatic heterocycles. The molecule has 3 nitrogen and oxygen atoms in total. The second kappa shape index (κ2) is 3.45. The number of nitrogens with one attached hydrogen (secondary N) is 1. The predicted molar refractivity (Wildman–Crippen MR) is 40.8 cm³/mol. The highest BCUT2D eigenvalue weighted by atomic mass is 32.3. The van der Waals surface area contributed by atoms with E-state index < -0.39 is 34.2 Å². The van der Waals surface area contributed by atoms with Crippen LogP contribution in [0, 0.1) is 5.92 Å². The minimum Gasteiger partial charge on any atom is -0.316 e. The van der Waals surface area contributed by atoms with Crippen molar-refractivity contribution >= 4 is 10.2 Å². The van der Waals surface area contributed by atoms with Crippen LogP contribution in [-0.2, 0) is 10.2 Å². The van der Waals surface area contributed by atoms with Gasteiger partial charge in [-0.2, -0.15) is 8.42 Å². The Bertz CT molecular complexity index is 278. The van der Waals surface area contributed by atoms with Gasteiger partial charge in [0.25, 0.3) is 5.92 Å². The van der Waals surface area contributed by atoms with Crippen LogP contribution in [-0.4, -0.2) is 33.2 Å². The number of hydrogen-bond donors (Lipinski definition) is 1. The van der Waals surface area contributed by atoms with E-state index >= 15 is 0 Å². The quantitative estimate of drug-likeness (QED) is 0.686. The number of rotatable bonds is 2. The molecule has 0 aromatic rings. The van der Waals surface area contributed by atoms with E-state index in [2.05, 4.69) is 5.32 Å². The van der Waals surface area contributed by atoms with Crippen LogP contribution < -0.4 is 5.32 Å². The number of alkyl halides is 2. The molecule has 0 aliphatic carbocycles. The Balaban J connectivity index is 2.67. The van der Waals surface area contributed by atoms with Crippen molar-refractivity contribution in [2.75, 3.05) is 18.8 Å². The van der Waals surface area contributed by atoms with Gasteiger partial charge >= 0.3 is 10.2 Å². The fourth-order valence-corrected chi connectivity index (χ4v) is 2.15. The highest BCUT2D eigenvalue weighted by molar-refractivity contribution is 7.86. The molecule has 78 valence electrons. The first-order valence-electron chi connectivity index (χ1n) is 3.82. The molecule has 0 bridgehead atoms. The van der Waals surface area contributed by atoms with Gasteiger partial charge in [-0.1, -0.05) is 0 Å². The summed E-state index contributed by atoms with van der Waals surface area (Å²) in [6, 6.07) is 0. The van der Waals surface area contributed by atoms with E-state index in [1.54, 1.807) is 0 Å². The van der Waals surface area contributed by atoms with Gasteiger partial charge in [0.05, 0.1) is 11.7 Å². The summed E-state index contributed by atoms with van der Waals surface area (Å²) in [5, 5.41) is 2.60. The fraction of sp³-hybridized carbons (Fsp3) is 1.00. The van der Waals surface area contributed by atoms with Crippen LogP contribution in [0.4, 0.5) is 12.7 Å². The molecule has 0 saturated carbocycles. The van der Waals surface area contributed by atoms with Crippen molar-refractivity contribution in [2.45, 2.75) is 12.3 Å². The third-order valence-electron chi connectivity index (χ3n) is 2.02. The predicted octanol–water partition coefficient (Wildman–Crippen LogP) is 0.530. The number of piperidine rings is 1. The van der Waals surface area contributed by atoms with Gasteiger partial charge in [-0.15, -0.1) is 3.89 Å². The summed E-state index contributed by atoms with van der Waals surface area (Å²) < 4.78 is 58.3. The molecule has 1 saturated heterocycles. The maximum absolute atomic E-state index is 12.9. The van der Waals surface area contributed by atoms with Gasteiger partial charge in [-0.25, -0.2) is 8.78 Å². The Morgan fingerprint density at radius 3 is 2.54 bits per heavy atom. The second-order valence-electron chi connectivity index (χ2n) is 3.12. The summed E-state index contributed by atoms with van der Waals surface area (Å²) in [7, 11) is -4.81. The highest BCUT2D eigenvalue weighted by Crippen LogP contribution is 2.31. The van der Waals surface area contributed by atoms with Crippen LogP contribution in [0.2, 0.25) is 0 Å². The largest absolute Gasteiger partial charge is 0.316 e. The van der Waals surface area contributed by atoms with Crippen LogP contribution in [0.15, 0.2) is 0 Å². The molecule has 1 fully saturated rings. The van der Waals surface area contributed by atoms with Crippen molar-refractivity contribution < 1.29 is 21.1 Å². The number of hydrogen-bond acceptors (Lipinski definition) is 3. The first-order chi connectivity index (χ1) is 5.81. The molecule has 13 heavy (non-hydrogen) atoms. The lowest BCUT2D eigenvalue weighted by atomic mass is 9.97. The Morgan fingerprint density at radius 1 is 1.46 bits per heavy atom. The molecule has 0 aromatic carbocycles. The van der Waals surface area contributed by atoms with E-state index in [9.17, 15) is 21.1 Å². The summed E-state index contributed by atoms with van der Waals surface area (Å²) >= 11 is 0. The summed E-state index contributed by atoms with van der Waals surface area (Å²) in [6.07, 6.45) is -0.437. The van der Waals surface area contributed by atoms with Crippen molar-refractivity contribution in [3.8, 4) is 0 Å². The minimum atomic E-state index is -4.81.